The van der Waals surface area contributed by atoms with E-state index in [2.05, 4.69) is 10.6 Å². The number of halogens is 1. The number of hydrogen-bond donors (Lipinski definition) is 3. The molecule has 8 heteroatoms. The SMILES string of the molecule is NC(=O)CCNC(=O)c1ccccc1NC(=O)c1cccc(OCc2ccc(F)cc2)c1. The summed E-state index contributed by atoms with van der Waals surface area (Å²) in [5, 5.41) is 5.32. The van der Waals surface area contributed by atoms with Crippen molar-refractivity contribution < 1.29 is 23.5 Å². The lowest BCUT2D eigenvalue weighted by molar-refractivity contribution is -0.117. The second kappa shape index (κ2) is 10.7. The van der Waals surface area contributed by atoms with Crippen molar-refractivity contribution in [3.05, 3.63) is 95.3 Å². The summed E-state index contributed by atoms with van der Waals surface area (Å²) in [7, 11) is 0. The first-order valence-electron chi connectivity index (χ1n) is 9.86. The van der Waals surface area contributed by atoms with Crippen molar-refractivity contribution in [1.82, 2.24) is 5.32 Å². The van der Waals surface area contributed by atoms with Crippen molar-refractivity contribution in [2.75, 3.05) is 11.9 Å². The van der Waals surface area contributed by atoms with Crippen molar-refractivity contribution >= 4 is 23.4 Å². The highest BCUT2D eigenvalue weighted by Crippen LogP contribution is 2.19. The standard InChI is InChI=1S/C24H22FN3O4/c25-18-10-8-16(9-11-18)15-32-19-5-3-4-17(14-19)23(30)28-21-7-2-1-6-20(21)24(31)27-13-12-22(26)29/h1-11,14H,12-13,15H2,(H2,26,29)(H,27,31)(H,28,30). The predicted octanol–water partition coefficient (Wildman–Crippen LogP) is 3.26. The summed E-state index contributed by atoms with van der Waals surface area (Å²) in [6.45, 7) is 0.323. The molecule has 0 saturated heterocycles. The first-order valence-corrected chi connectivity index (χ1v) is 9.86. The van der Waals surface area contributed by atoms with Crippen molar-refractivity contribution in [1.29, 1.82) is 0 Å². The Labute approximate surface area is 184 Å². The van der Waals surface area contributed by atoms with Gasteiger partial charge in [0.2, 0.25) is 5.91 Å². The maximum absolute atomic E-state index is 13.0. The molecule has 0 aliphatic rings. The highest BCUT2D eigenvalue weighted by molar-refractivity contribution is 6.09. The highest BCUT2D eigenvalue weighted by Gasteiger charge is 2.14. The molecule has 0 spiro atoms. The van der Waals surface area contributed by atoms with E-state index in [1.165, 1.54) is 12.1 Å². The van der Waals surface area contributed by atoms with Crippen LogP contribution < -0.4 is 21.1 Å². The Morgan fingerprint density at radius 3 is 2.41 bits per heavy atom. The molecule has 0 aromatic heterocycles. The van der Waals surface area contributed by atoms with E-state index in [4.69, 9.17) is 10.5 Å². The van der Waals surface area contributed by atoms with Crippen LogP contribution in [0.3, 0.4) is 0 Å². The minimum Gasteiger partial charge on any atom is -0.489 e. The molecule has 3 aromatic carbocycles. The van der Waals surface area contributed by atoms with E-state index < -0.39 is 17.7 Å². The Hall–Kier alpha value is -4.20. The number of primary amides is 1. The molecule has 3 amide bonds. The third-order valence-corrected chi connectivity index (χ3v) is 4.49. The number of nitrogens with two attached hydrogens (primary N) is 1. The number of nitrogens with one attached hydrogen (secondary N) is 2. The Kier molecular flexibility index (Phi) is 7.53. The zero-order chi connectivity index (χ0) is 22.9. The lowest BCUT2D eigenvalue weighted by Gasteiger charge is -2.12. The molecule has 0 saturated carbocycles. The van der Waals surface area contributed by atoms with Crippen LogP contribution in [0, 0.1) is 5.82 Å². The van der Waals surface area contributed by atoms with Gasteiger partial charge in [-0.05, 0) is 48.0 Å². The van der Waals surface area contributed by atoms with E-state index in [9.17, 15) is 18.8 Å². The number of amides is 3. The van der Waals surface area contributed by atoms with Crippen LogP contribution >= 0.6 is 0 Å². The molecule has 0 atom stereocenters. The molecule has 164 valence electrons. The molecule has 7 nitrogen and oxygen atoms in total. The van der Waals surface area contributed by atoms with E-state index in [1.807, 2.05) is 0 Å². The smallest absolute Gasteiger partial charge is 0.255 e. The average molecular weight is 435 g/mol. The molecular weight excluding hydrogens is 413 g/mol. The van der Waals surface area contributed by atoms with Gasteiger partial charge in [0.05, 0.1) is 11.3 Å². The monoisotopic (exact) mass is 435 g/mol. The molecule has 32 heavy (non-hydrogen) atoms. The van der Waals surface area contributed by atoms with Gasteiger partial charge >= 0.3 is 0 Å². The van der Waals surface area contributed by atoms with Crippen LogP contribution in [0.2, 0.25) is 0 Å². The fourth-order valence-corrected chi connectivity index (χ4v) is 2.85. The molecule has 0 heterocycles. The zero-order valence-electron chi connectivity index (χ0n) is 17.1. The van der Waals surface area contributed by atoms with E-state index in [0.717, 1.165) is 5.56 Å². The Balaban J connectivity index is 1.66. The van der Waals surface area contributed by atoms with Crippen molar-refractivity contribution in [2.24, 2.45) is 5.73 Å². The van der Waals surface area contributed by atoms with E-state index >= 15 is 0 Å². The van der Waals surface area contributed by atoms with Crippen molar-refractivity contribution in [2.45, 2.75) is 13.0 Å². The average Bonchev–Trinajstić information content (AvgIpc) is 2.79. The maximum Gasteiger partial charge on any atom is 0.255 e. The maximum atomic E-state index is 13.0. The number of anilines is 1. The summed E-state index contributed by atoms with van der Waals surface area (Å²) in [5.74, 6) is -1.23. The summed E-state index contributed by atoms with van der Waals surface area (Å²) >= 11 is 0. The van der Waals surface area contributed by atoms with E-state index in [1.54, 1.807) is 60.7 Å². The second-order valence-corrected chi connectivity index (χ2v) is 6.91. The Morgan fingerprint density at radius 2 is 1.66 bits per heavy atom. The van der Waals surface area contributed by atoms with Gasteiger partial charge in [0.15, 0.2) is 0 Å². The molecule has 0 aliphatic heterocycles. The summed E-state index contributed by atoms with van der Waals surface area (Å²) in [5.41, 5.74) is 6.79. The summed E-state index contributed by atoms with van der Waals surface area (Å²) < 4.78 is 18.7. The Morgan fingerprint density at radius 1 is 0.906 bits per heavy atom. The van der Waals surface area contributed by atoms with E-state index in [0.29, 0.717) is 17.0 Å². The van der Waals surface area contributed by atoms with Crippen LogP contribution in [-0.2, 0) is 11.4 Å². The van der Waals surface area contributed by atoms with Crippen LogP contribution in [0.4, 0.5) is 10.1 Å². The van der Waals surface area contributed by atoms with Gasteiger partial charge in [-0.3, -0.25) is 14.4 Å². The lowest BCUT2D eigenvalue weighted by Crippen LogP contribution is -2.28. The number of ether oxygens (including phenoxy) is 1. The fraction of sp³-hybridized carbons (Fsp3) is 0.125. The van der Waals surface area contributed by atoms with Crippen LogP contribution in [0.15, 0.2) is 72.8 Å². The number of para-hydroxylation sites is 1. The summed E-state index contributed by atoms with van der Waals surface area (Å²) in [4.78, 5) is 36.0. The van der Waals surface area contributed by atoms with Gasteiger partial charge in [0.25, 0.3) is 11.8 Å². The predicted molar refractivity (Wildman–Crippen MR) is 118 cm³/mol. The highest BCUT2D eigenvalue weighted by atomic mass is 19.1. The zero-order valence-corrected chi connectivity index (χ0v) is 17.1. The fourth-order valence-electron chi connectivity index (χ4n) is 2.85. The Bertz CT molecular complexity index is 1120. The van der Waals surface area contributed by atoms with Gasteiger partial charge in [-0.15, -0.1) is 0 Å². The van der Waals surface area contributed by atoms with Gasteiger partial charge in [-0.1, -0.05) is 30.3 Å². The normalized spacial score (nSPS) is 10.3. The van der Waals surface area contributed by atoms with Gasteiger partial charge in [-0.25, -0.2) is 4.39 Å². The first-order chi connectivity index (χ1) is 15.4. The molecule has 0 unspecified atom stereocenters. The van der Waals surface area contributed by atoms with Crippen molar-refractivity contribution in [3.8, 4) is 5.75 Å². The molecule has 3 aromatic rings. The number of benzene rings is 3. The third kappa shape index (κ3) is 6.40. The van der Waals surface area contributed by atoms with Gasteiger partial charge in [-0.2, -0.15) is 0 Å². The van der Waals surface area contributed by atoms with Gasteiger partial charge < -0.3 is 21.1 Å². The lowest BCUT2D eigenvalue weighted by atomic mass is 10.1. The van der Waals surface area contributed by atoms with Crippen LogP contribution in [0.25, 0.3) is 0 Å². The summed E-state index contributed by atoms with van der Waals surface area (Å²) in [6.07, 6.45) is 0.0188. The topological polar surface area (TPSA) is 111 Å². The quantitative estimate of drug-likeness (QED) is 0.479. The molecule has 3 rings (SSSR count). The third-order valence-electron chi connectivity index (χ3n) is 4.49. The molecule has 0 aliphatic carbocycles. The van der Waals surface area contributed by atoms with Crippen molar-refractivity contribution in [3.63, 3.8) is 0 Å². The molecular formula is C24H22FN3O4. The van der Waals surface area contributed by atoms with Gasteiger partial charge in [0, 0.05) is 18.5 Å². The molecule has 0 radical (unpaired) electrons. The van der Waals surface area contributed by atoms with Crippen LogP contribution in [0.5, 0.6) is 5.75 Å². The summed E-state index contributed by atoms with van der Waals surface area (Å²) in [6, 6.07) is 19.1. The second-order valence-electron chi connectivity index (χ2n) is 6.91. The molecule has 0 fully saturated rings. The minimum atomic E-state index is -0.520. The first kappa shape index (κ1) is 22.5. The molecule has 4 N–H and O–H groups in total. The number of carbonyl (C=O) groups is 3. The number of carbonyl (C=O) groups excluding carboxylic acids is 3. The number of rotatable bonds is 9. The van der Waals surface area contributed by atoms with Gasteiger partial charge in [0.1, 0.15) is 18.2 Å². The largest absolute Gasteiger partial charge is 0.489 e. The number of hydrogen-bond acceptors (Lipinski definition) is 4. The van der Waals surface area contributed by atoms with Crippen LogP contribution in [-0.4, -0.2) is 24.3 Å². The minimum absolute atomic E-state index is 0.0188. The van der Waals surface area contributed by atoms with E-state index in [-0.39, 0.29) is 31.0 Å². The molecule has 0 bridgehead atoms. The van der Waals surface area contributed by atoms with Crippen LogP contribution in [0.1, 0.15) is 32.7 Å².